The molecule has 0 saturated carbocycles. The molecule has 2 aliphatic heterocycles. The molecule has 1 unspecified atom stereocenters. The number of fused-ring (bicyclic) bond motifs is 1. The number of para-hydroxylation sites is 1. The number of benzene rings is 2. The van der Waals surface area contributed by atoms with Crippen molar-refractivity contribution in [1.82, 2.24) is 0 Å². The molecule has 134 valence electrons. The molecule has 1 saturated heterocycles. The van der Waals surface area contributed by atoms with Gasteiger partial charge in [-0.3, -0.25) is 9.59 Å². The monoisotopic (exact) mass is 349 g/mol. The number of rotatable bonds is 4. The number of hydrogen-bond donors (Lipinski definition) is 2. The Labute approximate surface area is 153 Å². The summed E-state index contributed by atoms with van der Waals surface area (Å²) in [5, 5.41) is 5.78. The van der Waals surface area contributed by atoms with Gasteiger partial charge >= 0.3 is 0 Å². The summed E-state index contributed by atoms with van der Waals surface area (Å²) in [5.41, 5.74) is 4.88. The van der Waals surface area contributed by atoms with Crippen LogP contribution in [0.3, 0.4) is 0 Å². The van der Waals surface area contributed by atoms with Gasteiger partial charge in [-0.05, 0) is 55.2 Å². The molecule has 0 radical (unpaired) electrons. The molecule has 5 nitrogen and oxygen atoms in total. The molecule has 1 fully saturated rings. The summed E-state index contributed by atoms with van der Waals surface area (Å²) in [6.45, 7) is 4.27. The van der Waals surface area contributed by atoms with E-state index in [4.69, 9.17) is 0 Å². The molecule has 4 rings (SSSR count). The highest BCUT2D eigenvalue weighted by Gasteiger charge is 2.31. The number of aryl methyl sites for hydroxylation is 1. The lowest BCUT2D eigenvalue weighted by molar-refractivity contribution is -0.122. The SMILES string of the molecule is Cc1cc(NC(=O)CC2C(=O)Nc3ccccc32)ccc1N1CCCC1. The first kappa shape index (κ1) is 16.6. The Kier molecular flexibility index (Phi) is 4.37. The zero-order valence-electron chi connectivity index (χ0n) is 14.9. The van der Waals surface area contributed by atoms with Crippen molar-refractivity contribution in [3.05, 3.63) is 53.6 Å². The zero-order valence-corrected chi connectivity index (χ0v) is 14.9. The van der Waals surface area contributed by atoms with Gasteiger partial charge in [-0.15, -0.1) is 0 Å². The molecular weight excluding hydrogens is 326 g/mol. The van der Waals surface area contributed by atoms with Gasteiger partial charge in [0.25, 0.3) is 0 Å². The van der Waals surface area contributed by atoms with Crippen molar-refractivity contribution in [1.29, 1.82) is 0 Å². The quantitative estimate of drug-likeness (QED) is 0.885. The smallest absolute Gasteiger partial charge is 0.232 e. The molecule has 0 aromatic heterocycles. The topological polar surface area (TPSA) is 61.4 Å². The third kappa shape index (κ3) is 3.17. The minimum Gasteiger partial charge on any atom is -0.371 e. The maximum atomic E-state index is 12.5. The van der Waals surface area contributed by atoms with Crippen molar-refractivity contribution in [2.45, 2.75) is 32.1 Å². The summed E-state index contributed by atoms with van der Waals surface area (Å²) in [7, 11) is 0. The van der Waals surface area contributed by atoms with E-state index in [2.05, 4.69) is 28.5 Å². The van der Waals surface area contributed by atoms with Gasteiger partial charge in [-0.25, -0.2) is 0 Å². The van der Waals surface area contributed by atoms with Crippen LogP contribution in [0.5, 0.6) is 0 Å². The lowest BCUT2D eigenvalue weighted by Gasteiger charge is -2.21. The van der Waals surface area contributed by atoms with Crippen molar-refractivity contribution < 1.29 is 9.59 Å². The number of nitrogens with zero attached hydrogens (tertiary/aromatic N) is 1. The minimum atomic E-state index is -0.420. The highest BCUT2D eigenvalue weighted by molar-refractivity contribution is 6.06. The van der Waals surface area contributed by atoms with Crippen molar-refractivity contribution in [2.75, 3.05) is 28.6 Å². The summed E-state index contributed by atoms with van der Waals surface area (Å²) in [6, 6.07) is 13.6. The van der Waals surface area contributed by atoms with E-state index in [0.717, 1.165) is 35.6 Å². The van der Waals surface area contributed by atoms with E-state index in [9.17, 15) is 9.59 Å². The van der Waals surface area contributed by atoms with Crippen LogP contribution in [0.25, 0.3) is 0 Å². The van der Waals surface area contributed by atoms with Crippen LogP contribution in [0, 0.1) is 6.92 Å². The van der Waals surface area contributed by atoms with Gasteiger partial charge < -0.3 is 15.5 Å². The maximum absolute atomic E-state index is 12.5. The number of anilines is 3. The van der Waals surface area contributed by atoms with E-state index in [1.807, 2.05) is 36.4 Å². The molecule has 5 heteroatoms. The number of hydrogen-bond acceptors (Lipinski definition) is 3. The highest BCUT2D eigenvalue weighted by Crippen LogP contribution is 2.34. The molecule has 0 aliphatic carbocycles. The average molecular weight is 349 g/mol. The first-order valence-electron chi connectivity index (χ1n) is 9.17. The average Bonchev–Trinajstić information content (AvgIpc) is 3.24. The zero-order chi connectivity index (χ0) is 18.1. The summed E-state index contributed by atoms with van der Waals surface area (Å²) in [6.07, 6.45) is 2.63. The molecule has 1 atom stereocenters. The van der Waals surface area contributed by atoms with Gasteiger partial charge in [0.1, 0.15) is 0 Å². The van der Waals surface area contributed by atoms with E-state index < -0.39 is 5.92 Å². The maximum Gasteiger partial charge on any atom is 0.232 e. The van der Waals surface area contributed by atoms with Gasteiger partial charge in [0.15, 0.2) is 0 Å². The van der Waals surface area contributed by atoms with Crippen LogP contribution >= 0.6 is 0 Å². The van der Waals surface area contributed by atoms with E-state index in [1.54, 1.807) is 0 Å². The number of carbonyl (C=O) groups excluding carboxylic acids is 2. The van der Waals surface area contributed by atoms with Crippen molar-refractivity contribution in [3.63, 3.8) is 0 Å². The van der Waals surface area contributed by atoms with Crippen LogP contribution in [0.1, 0.15) is 36.3 Å². The second kappa shape index (κ2) is 6.83. The predicted octanol–water partition coefficient (Wildman–Crippen LogP) is 3.66. The Bertz CT molecular complexity index is 856. The van der Waals surface area contributed by atoms with Gasteiger partial charge in [-0.2, -0.15) is 0 Å². The number of nitrogens with one attached hydrogen (secondary N) is 2. The largest absolute Gasteiger partial charge is 0.371 e. The minimum absolute atomic E-state index is 0.109. The summed E-state index contributed by atoms with van der Waals surface area (Å²) >= 11 is 0. The molecule has 2 N–H and O–H groups in total. The highest BCUT2D eigenvalue weighted by atomic mass is 16.2. The number of carbonyl (C=O) groups is 2. The fraction of sp³-hybridized carbons (Fsp3) is 0.333. The molecule has 2 aromatic carbocycles. The van der Waals surface area contributed by atoms with Crippen LogP contribution in [0.2, 0.25) is 0 Å². The Morgan fingerprint density at radius 3 is 2.73 bits per heavy atom. The van der Waals surface area contributed by atoms with Crippen LogP contribution in [0.15, 0.2) is 42.5 Å². The molecule has 26 heavy (non-hydrogen) atoms. The first-order chi connectivity index (χ1) is 12.6. The van der Waals surface area contributed by atoms with Crippen LogP contribution in [0.4, 0.5) is 17.1 Å². The van der Waals surface area contributed by atoms with Gasteiger partial charge in [0.2, 0.25) is 11.8 Å². The fourth-order valence-corrected chi connectivity index (χ4v) is 3.92. The second-order valence-corrected chi connectivity index (χ2v) is 7.08. The Morgan fingerprint density at radius 1 is 1.19 bits per heavy atom. The van der Waals surface area contributed by atoms with E-state index in [-0.39, 0.29) is 18.2 Å². The van der Waals surface area contributed by atoms with Gasteiger partial charge in [-0.1, -0.05) is 18.2 Å². The Balaban J connectivity index is 1.44. The van der Waals surface area contributed by atoms with Crippen LogP contribution in [-0.4, -0.2) is 24.9 Å². The normalized spacial score (nSPS) is 18.6. The third-order valence-electron chi connectivity index (χ3n) is 5.23. The lowest BCUT2D eigenvalue weighted by Crippen LogP contribution is -2.21. The molecule has 2 aliphatic rings. The summed E-state index contributed by atoms with van der Waals surface area (Å²) in [4.78, 5) is 27.0. The Morgan fingerprint density at radius 2 is 1.96 bits per heavy atom. The fourth-order valence-electron chi connectivity index (χ4n) is 3.92. The predicted molar refractivity (Wildman–Crippen MR) is 104 cm³/mol. The summed E-state index contributed by atoms with van der Waals surface area (Å²) in [5.74, 6) is -0.673. The second-order valence-electron chi connectivity index (χ2n) is 7.08. The number of amides is 2. The molecule has 2 heterocycles. The first-order valence-corrected chi connectivity index (χ1v) is 9.17. The third-order valence-corrected chi connectivity index (χ3v) is 5.23. The Hall–Kier alpha value is -2.82. The molecular formula is C21H23N3O2. The van der Waals surface area contributed by atoms with Crippen LogP contribution in [-0.2, 0) is 9.59 Å². The molecule has 2 amide bonds. The van der Waals surface area contributed by atoms with E-state index in [1.165, 1.54) is 18.5 Å². The van der Waals surface area contributed by atoms with Crippen LogP contribution < -0.4 is 15.5 Å². The van der Waals surface area contributed by atoms with Crippen molar-refractivity contribution >= 4 is 28.9 Å². The van der Waals surface area contributed by atoms with Crippen molar-refractivity contribution in [2.24, 2.45) is 0 Å². The molecule has 2 aromatic rings. The molecule has 0 spiro atoms. The van der Waals surface area contributed by atoms with Gasteiger partial charge in [0.05, 0.1) is 5.92 Å². The summed E-state index contributed by atoms with van der Waals surface area (Å²) < 4.78 is 0. The van der Waals surface area contributed by atoms with E-state index in [0.29, 0.717) is 0 Å². The standard InChI is InChI=1S/C21H23N3O2/c1-14-12-15(8-9-19(14)24-10-4-5-11-24)22-20(25)13-17-16-6-2-3-7-18(16)23-21(17)26/h2-3,6-9,12,17H,4-5,10-11,13H2,1H3,(H,22,25)(H,23,26). The molecule has 0 bridgehead atoms. The van der Waals surface area contributed by atoms with Crippen molar-refractivity contribution in [3.8, 4) is 0 Å². The lowest BCUT2D eigenvalue weighted by atomic mass is 9.97. The van der Waals surface area contributed by atoms with Gasteiger partial charge in [0, 0.05) is 36.6 Å². The van der Waals surface area contributed by atoms with E-state index >= 15 is 0 Å².